The Morgan fingerprint density at radius 3 is 2.60 bits per heavy atom. The number of para-hydroxylation sites is 1. The minimum Gasteiger partial charge on any atom is -0.486 e. The van der Waals surface area contributed by atoms with Crippen molar-refractivity contribution >= 4 is 5.91 Å². The summed E-state index contributed by atoms with van der Waals surface area (Å²) in [6.45, 7) is 4.82. The third-order valence-corrected chi connectivity index (χ3v) is 4.42. The number of hydrogen-bond acceptors (Lipinski definition) is 4. The molecular weight excluding hydrogens is 320 g/mol. The summed E-state index contributed by atoms with van der Waals surface area (Å²) < 4.78 is 12.9. The molecule has 0 saturated carbocycles. The van der Waals surface area contributed by atoms with Crippen molar-refractivity contribution in [2.75, 3.05) is 19.7 Å². The molecule has 0 N–H and O–H groups in total. The van der Waals surface area contributed by atoms with Crippen LogP contribution < -0.4 is 15.0 Å². The summed E-state index contributed by atoms with van der Waals surface area (Å²) in [5.74, 6) is 1.21. The minimum atomic E-state index is -0.103. The van der Waals surface area contributed by atoms with Gasteiger partial charge in [-0.1, -0.05) is 18.2 Å². The summed E-state index contributed by atoms with van der Waals surface area (Å²) in [6, 6.07) is 10.9. The molecule has 0 bridgehead atoms. The second-order valence-corrected chi connectivity index (χ2v) is 6.32. The standard InChI is InChI=1S/C19H22N2O4/c1-13-6-4-5-7-17(13)24-12-19(23)21-10-16(11-21)25-15-8-14(2)20(3)18(22)9-15/h4-9,16H,10-12H2,1-3H3. The van der Waals surface area contributed by atoms with Crippen molar-refractivity contribution in [3.8, 4) is 11.5 Å². The van der Waals surface area contributed by atoms with Gasteiger partial charge < -0.3 is 18.9 Å². The Hall–Kier alpha value is -2.76. The molecule has 0 unspecified atom stereocenters. The van der Waals surface area contributed by atoms with Gasteiger partial charge in [-0.25, -0.2) is 0 Å². The molecule has 0 atom stereocenters. The van der Waals surface area contributed by atoms with Crippen LogP contribution in [-0.2, 0) is 11.8 Å². The zero-order valence-corrected chi connectivity index (χ0v) is 14.7. The number of aromatic nitrogens is 1. The van der Waals surface area contributed by atoms with E-state index < -0.39 is 0 Å². The first-order valence-electron chi connectivity index (χ1n) is 8.24. The van der Waals surface area contributed by atoms with Crippen LogP contribution in [0.15, 0.2) is 41.2 Å². The van der Waals surface area contributed by atoms with Crippen LogP contribution in [0.1, 0.15) is 11.3 Å². The Balaban J connectivity index is 1.48. The van der Waals surface area contributed by atoms with Gasteiger partial charge in [0.15, 0.2) is 6.61 Å². The zero-order valence-electron chi connectivity index (χ0n) is 14.7. The van der Waals surface area contributed by atoms with Gasteiger partial charge in [0.05, 0.1) is 13.1 Å². The lowest BCUT2D eigenvalue weighted by molar-refractivity contribution is -0.142. The van der Waals surface area contributed by atoms with Crippen LogP contribution in [0, 0.1) is 13.8 Å². The molecule has 25 heavy (non-hydrogen) atoms. The number of nitrogens with zero attached hydrogens (tertiary/aromatic N) is 2. The number of carbonyl (C=O) groups excluding carboxylic acids is 1. The molecule has 1 fully saturated rings. The van der Waals surface area contributed by atoms with E-state index in [1.807, 2.05) is 44.2 Å². The van der Waals surface area contributed by atoms with E-state index in [1.54, 1.807) is 16.5 Å². The van der Waals surface area contributed by atoms with Crippen LogP contribution in [-0.4, -0.2) is 41.2 Å². The Bertz CT molecular complexity index is 838. The predicted octanol–water partition coefficient (Wildman–Crippen LogP) is 1.67. The van der Waals surface area contributed by atoms with Gasteiger partial charge in [-0.05, 0) is 31.5 Å². The van der Waals surface area contributed by atoms with Gasteiger partial charge in [0.1, 0.15) is 17.6 Å². The monoisotopic (exact) mass is 342 g/mol. The number of ether oxygens (including phenoxy) is 2. The van der Waals surface area contributed by atoms with Crippen molar-refractivity contribution in [2.24, 2.45) is 7.05 Å². The van der Waals surface area contributed by atoms with Crippen LogP contribution >= 0.6 is 0 Å². The number of hydrogen-bond donors (Lipinski definition) is 0. The molecule has 1 saturated heterocycles. The molecule has 1 amide bonds. The van der Waals surface area contributed by atoms with Gasteiger partial charge in [0, 0.05) is 18.8 Å². The average Bonchev–Trinajstić information content (AvgIpc) is 2.54. The molecule has 1 aromatic heterocycles. The van der Waals surface area contributed by atoms with E-state index >= 15 is 0 Å². The van der Waals surface area contributed by atoms with Gasteiger partial charge in [0.25, 0.3) is 11.5 Å². The maximum Gasteiger partial charge on any atom is 0.260 e. The summed E-state index contributed by atoms with van der Waals surface area (Å²) >= 11 is 0. The topological polar surface area (TPSA) is 60.8 Å². The van der Waals surface area contributed by atoms with E-state index in [4.69, 9.17) is 9.47 Å². The third-order valence-electron chi connectivity index (χ3n) is 4.42. The summed E-state index contributed by atoms with van der Waals surface area (Å²) in [4.78, 5) is 25.6. The molecule has 1 aliphatic rings. The first-order valence-corrected chi connectivity index (χ1v) is 8.24. The van der Waals surface area contributed by atoms with Gasteiger partial charge in [-0.2, -0.15) is 0 Å². The Kier molecular flexibility index (Phi) is 4.79. The molecule has 6 nitrogen and oxygen atoms in total. The van der Waals surface area contributed by atoms with E-state index in [9.17, 15) is 9.59 Å². The fraction of sp³-hybridized carbons (Fsp3) is 0.368. The van der Waals surface area contributed by atoms with Gasteiger partial charge >= 0.3 is 0 Å². The Morgan fingerprint density at radius 2 is 1.92 bits per heavy atom. The average molecular weight is 342 g/mol. The van der Waals surface area contributed by atoms with Crippen molar-refractivity contribution in [3.05, 3.63) is 58.0 Å². The SMILES string of the molecule is Cc1ccccc1OCC(=O)N1CC(Oc2cc(C)n(C)c(=O)c2)C1. The largest absolute Gasteiger partial charge is 0.486 e. The lowest BCUT2D eigenvalue weighted by Crippen LogP contribution is -2.57. The summed E-state index contributed by atoms with van der Waals surface area (Å²) in [6.07, 6.45) is -0.0890. The normalized spacial score (nSPS) is 14.1. The maximum atomic E-state index is 12.2. The number of amides is 1. The van der Waals surface area contributed by atoms with Crippen LogP contribution in [0.2, 0.25) is 0 Å². The van der Waals surface area contributed by atoms with E-state index in [0.29, 0.717) is 18.8 Å². The highest BCUT2D eigenvalue weighted by Gasteiger charge is 2.32. The lowest BCUT2D eigenvalue weighted by Gasteiger charge is -2.38. The van der Waals surface area contributed by atoms with Crippen molar-refractivity contribution in [3.63, 3.8) is 0 Å². The lowest BCUT2D eigenvalue weighted by atomic mass is 10.1. The summed E-state index contributed by atoms with van der Waals surface area (Å²) in [5, 5.41) is 0. The molecule has 132 valence electrons. The van der Waals surface area contributed by atoms with E-state index in [-0.39, 0.29) is 24.2 Å². The van der Waals surface area contributed by atoms with Crippen molar-refractivity contribution in [2.45, 2.75) is 20.0 Å². The minimum absolute atomic E-state index is 0.0164. The highest BCUT2D eigenvalue weighted by molar-refractivity contribution is 5.78. The highest BCUT2D eigenvalue weighted by atomic mass is 16.5. The number of rotatable bonds is 5. The first kappa shape index (κ1) is 17.1. The van der Waals surface area contributed by atoms with Gasteiger partial charge in [0.2, 0.25) is 0 Å². The van der Waals surface area contributed by atoms with Crippen LogP contribution in [0.5, 0.6) is 11.5 Å². The van der Waals surface area contributed by atoms with Crippen molar-refractivity contribution in [1.82, 2.24) is 9.47 Å². The number of carbonyl (C=O) groups is 1. The fourth-order valence-electron chi connectivity index (χ4n) is 2.66. The quantitative estimate of drug-likeness (QED) is 0.829. The highest BCUT2D eigenvalue weighted by Crippen LogP contribution is 2.19. The summed E-state index contributed by atoms with van der Waals surface area (Å²) in [7, 11) is 1.72. The van der Waals surface area contributed by atoms with Gasteiger partial charge in [-0.15, -0.1) is 0 Å². The maximum absolute atomic E-state index is 12.2. The molecule has 3 rings (SSSR count). The Labute approximate surface area is 146 Å². The molecule has 0 aliphatic carbocycles. The number of benzene rings is 1. The summed E-state index contributed by atoms with van der Waals surface area (Å²) in [5.41, 5.74) is 1.73. The number of likely N-dealkylation sites (tertiary alicyclic amines) is 1. The van der Waals surface area contributed by atoms with Crippen LogP contribution in [0.4, 0.5) is 0 Å². The molecule has 2 heterocycles. The molecule has 0 radical (unpaired) electrons. The van der Waals surface area contributed by atoms with Crippen LogP contribution in [0.25, 0.3) is 0 Å². The van der Waals surface area contributed by atoms with E-state index in [2.05, 4.69) is 0 Å². The second-order valence-electron chi connectivity index (χ2n) is 6.32. The molecular formula is C19H22N2O4. The smallest absolute Gasteiger partial charge is 0.260 e. The van der Waals surface area contributed by atoms with E-state index in [1.165, 1.54) is 6.07 Å². The van der Waals surface area contributed by atoms with Crippen molar-refractivity contribution in [1.29, 1.82) is 0 Å². The zero-order chi connectivity index (χ0) is 18.0. The van der Waals surface area contributed by atoms with Crippen LogP contribution in [0.3, 0.4) is 0 Å². The number of aryl methyl sites for hydroxylation is 2. The molecule has 1 aliphatic heterocycles. The van der Waals surface area contributed by atoms with Gasteiger partial charge in [-0.3, -0.25) is 9.59 Å². The molecule has 1 aromatic carbocycles. The third kappa shape index (κ3) is 3.84. The molecule has 2 aromatic rings. The molecule has 6 heteroatoms. The fourth-order valence-corrected chi connectivity index (χ4v) is 2.66. The predicted molar refractivity (Wildman–Crippen MR) is 94.1 cm³/mol. The van der Waals surface area contributed by atoms with E-state index in [0.717, 1.165) is 17.0 Å². The number of pyridine rings is 1. The second kappa shape index (κ2) is 7.01. The van der Waals surface area contributed by atoms with Crippen molar-refractivity contribution < 1.29 is 14.3 Å². The first-order chi connectivity index (χ1) is 11.9. The molecule has 0 spiro atoms. The Morgan fingerprint density at radius 1 is 1.20 bits per heavy atom.